The molecule has 3 atom stereocenters. The van der Waals surface area contributed by atoms with Crippen molar-refractivity contribution in [3.05, 3.63) is 47.2 Å². The number of carbonyl (C=O) groups is 4. The second-order valence-corrected chi connectivity index (χ2v) is 7.40. The summed E-state index contributed by atoms with van der Waals surface area (Å²) in [4.78, 5) is 49.3. The lowest BCUT2D eigenvalue weighted by Crippen LogP contribution is -2.71. The van der Waals surface area contributed by atoms with Gasteiger partial charge < -0.3 is 20.9 Å². The van der Waals surface area contributed by atoms with E-state index in [-0.39, 0.29) is 17.9 Å². The molecule has 0 bridgehead atoms. The molecule has 10 heteroatoms. The fourth-order valence-electron chi connectivity index (χ4n) is 3.12. The molecule has 2 aliphatic rings. The van der Waals surface area contributed by atoms with Crippen LogP contribution in [0.4, 0.5) is 0 Å². The van der Waals surface area contributed by atoms with Crippen LogP contribution in [0, 0.1) is 0 Å². The topological polar surface area (TPSA) is 139 Å². The van der Waals surface area contributed by atoms with Gasteiger partial charge in [0, 0.05) is 5.75 Å². The van der Waals surface area contributed by atoms with Crippen LogP contribution in [-0.2, 0) is 23.9 Å². The molecular weight excluding hydrogens is 386 g/mol. The summed E-state index contributed by atoms with van der Waals surface area (Å²) in [5.41, 5.74) is 6.63. The minimum absolute atomic E-state index is 0.211. The highest BCUT2D eigenvalue weighted by Crippen LogP contribution is 2.41. The molecule has 0 spiro atoms. The predicted molar refractivity (Wildman–Crippen MR) is 99.7 cm³/mol. The Morgan fingerprint density at radius 3 is 2.64 bits per heavy atom. The smallest absolute Gasteiger partial charge is 0.352 e. The minimum Gasteiger partial charge on any atom is -0.477 e. The van der Waals surface area contributed by atoms with Gasteiger partial charge in [-0.25, -0.2) is 4.79 Å². The summed E-state index contributed by atoms with van der Waals surface area (Å²) in [7, 11) is 1.21. The molecular formula is C18H19N3O6S. The Kier molecular flexibility index (Phi) is 5.71. The van der Waals surface area contributed by atoms with Gasteiger partial charge in [0.15, 0.2) is 0 Å². The van der Waals surface area contributed by atoms with E-state index in [1.54, 1.807) is 30.3 Å². The molecule has 4 N–H and O–H groups in total. The number of amides is 2. The summed E-state index contributed by atoms with van der Waals surface area (Å²) in [5, 5.41) is 11.6. The fraction of sp³-hybridized carbons (Fsp3) is 0.333. The van der Waals surface area contributed by atoms with Crippen molar-refractivity contribution in [2.75, 3.05) is 12.9 Å². The number of nitrogens with zero attached hydrogens (tertiary/aromatic N) is 1. The molecule has 9 nitrogen and oxygen atoms in total. The Hall–Kier alpha value is -2.85. The number of carboxylic acids is 1. The number of methoxy groups -OCH3 is 1. The number of fused-ring (bicyclic) bond motifs is 1. The first-order valence-corrected chi connectivity index (χ1v) is 9.47. The lowest BCUT2D eigenvalue weighted by molar-refractivity contribution is -0.151. The van der Waals surface area contributed by atoms with Gasteiger partial charge in [-0.3, -0.25) is 19.3 Å². The number of hydrogen-bond acceptors (Lipinski definition) is 7. The van der Waals surface area contributed by atoms with E-state index in [2.05, 4.69) is 10.1 Å². The quantitative estimate of drug-likeness (QED) is 0.444. The highest BCUT2D eigenvalue weighted by molar-refractivity contribution is 8.00. The monoisotopic (exact) mass is 405 g/mol. The minimum atomic E-state index is -1.30. The average Bonchev–Trinajstić information content (AvgIpc) is 2.71. The van der Waals surface area contributed by atoms with E-state index < -0.39 is 41.2 Å². The SMILES string of the molecule is COC(=O)CC1=C(C(=O)O)N2C(=O)[C@@H](NC(=O)[C@@H](N)c3ccccc3)[C@@H]2SC1. The maximum Gasteiger partial charge on any atom is 0.352 e. The van der Waals surface area contributed by atoms with E-state index in [0.29, 0.717) is 11.1 Å². The van der Waals surface area contributed by atoms with Crippen LogP contribution in [0.25, 0.3) is 0 Å². The standard InChI is InChI=1S/C18H19N3O6S/c1-27-11(22)7-10-8-28-17-13(16(24)21(17)14(10)18(25)26)20-15(23)12(19)9-5-3-2-4-6-9/h2-6,12-13,17H,7-8,19H2,1H3,(H,20,23)(H,25,26)/t12-,13+,17-/m0/s1. The first-order valence-electron chi connectivity index (χ1n) is 8.42. The Labute approximate surface area is 164 Å². The molecule has 2 amide bonds. The molecule has 28 heavy (non-hydrogen) atoms. The number of nitrogens with two attached hydrogens (primary N) is 1. The third-order valence-electron chi connectivity index (χ3n) is 4.57. The van der Waals surface area contributed by atoms with Crippen LogP contribution >= 0.6 is 11.8 Å². The number of rotatable bonds is 6. The summed E-state index contributed by atoms with van der Waals surface area (Å²) < 4.78 is 4.58. The number of carboxylic acid groups (broad SMARTS) is 1. The molecule has 2 aliphatic heterocycles. The Morgan fingerprint density at radius 2 is 2.04 bits per heavy atom. The third-order valence-corrected chi connectivity index (χ3v) is 5.91. The van der Waals surface area contributed by atoms with Crippen LogP contribution < -0.4 is 11.1 Å². The normalized spacial score (nSPS) is 22.1. The summed E-state index contributed by atoms with van der Waals surface area (Å²) >= 11 is 1.28. The van der Waals surface area contributed by atoms with Crippen LogP contribution in [0.1, 0.15) is 18.0 Å². The Balaban J connectivity index is 1.74. The van der Waals surface area contributed by atoms with Crippen molar-refractivity contribution in [3.8, 4) is 0 Å². The molecule has 0 unspecified atom stereocenters. The third kappa shape index (κ3) is 3.60. The molecule has 0 radical (unpaired) electrons. The van der Waals surface area contributed by atoms with E-state index in [9.17, 15) is 24.3 Å². The number of carbonyl (C=O) groups excluding carboxylic acids is 3. The largest absolute Gasteiger partial charge is 0.477 e. The molecule has 0 saturated carbocycles. The Morgan fingerprint density at radius 1 is 1.36 bits per heavy atom. The van der Waals surface area contributed by atoms with Gasteiger partial charge in [0.25, 0.3) is 5.91 Å². The van der Waals surface area contributed by atoms with Crippen molar-refractivity contribution in [2.45, 2.75) is 23.9 Å². The number of β-lactam (4-membered cyclic amide) rings is 1. The van der Waals surface area contributed by atoms with E-state index >= 15 is 0 Å². The number of benzene rings is 1. The molecule has 1 aromatic carbocycles. The molecule has 3 rings (SSSR count). The van der Waals surface area contributed by atoms with Crippen molar-refractivity contribution in [3.63, 3.8) is 0 Å². The number of thioether (sulfide) groups is 1. The van der Waals surface area contributed by atoms with Crippen molar-refractivity contribution in [2.24, 2.45) is 5.73 Å². The van der Waals surface area contributed by atoms with Gasteiger partial charge in [-0.05, 0) is 11.1 Å². The molecule has 1 fully saturated rings. The van der Waals surface area contributed by atoms with Crippen molar-refractivity contribution in [1.29, 1.82) is 0 Å². The van der Waals surface area contributed by atoms with E-state index in [4.69, 9.17) is 5.73 Å². The van der Waals surface area contributed by atoms with Gasteiger partial charge in [0.05, 0.1) is 13.5 Å². The first kappa shape index (κ1) is 19.9. The van der Waals surface area contributed by atoms with Crippen LogP contribution in [0.2, 0.25) is 0 Å². The van der Waals surface area contributed by atoms with Crippen molar-refractivity contribution < 1.29 is 29.0 Å². The molecule has 1 aromatic rings. The number of aliphatic carboxylic acids is 1. The van der Waals surface area contributed by atoms with Gasteiger partial charge in [0.2, 0.25) is 5.91 Å². The maximum atomic E-state index is 12.5. The van der Waals surface area contributed by atoms with Gasteiger partial charge in [-0.1, -0.05) is 30.3 Å². The number of esters is 1. The van der Waals surface area contributed by atoms with Crippen LogP contribution in [0.3, 0.4) is 0 Å². The van der Waals surface area contributed by atoms with E-state index in [1.807, 2.05) is 0 Å². The lowest BCUT2D eigenvalue weighted by Gasteiger charge is -2.49. The van der Waals surface area contributed by atoms with Gasteiger partial charge in [0.1, 0.15) is 23.2 Å². The van der Waals surface area contributed by atoms with Crippen LogP contribution in [0.5, 0.6) is 0 Å². The Bertz CT molecular complexity index is 856. The summed E-state index contributed by atoms with van der Waals surface area (Å²) in [5.74, 6) is -2.72. The maximum absolute atomic E-state index is 12.5. The highest BCUT2D eigenvalue weighted by Gasteiger charge is 2.54. The van der Waals surface area contributed by atoms with Crippen molar-refractivity contribution >= 4 is 35.5 Å². The molecule has 0 aromatic heterocycles. The fourth-order valence-corrected chi connectivity index (χ4v) is 4.47. The van der Waals surface area contributed by atoms with Gasteiger partial charge in [-0.2, -0.15) is 0 Å². The number of hydrogen-bond donors (Lipinski definition) is 3. The van der Waals surface area contributed by atoms with Crippen LogP contribution in [0.15, 0.2) is 41.6 Å². The first-order chi connectivity index (χ1) is 13.3. The summed E-state index contributed by atoms with van der Waals surface area (Å²) in [6.07, 6.45) is -0.211. The zero-order chi connectivity index (χ0) is 20.4. The predicted octanol–water partition coefficient (Wildman–Crippen LogP) is -0.0119. The number of nitrogens with one attached hydrogen (secondary N) is 1. The second kappa shape index (κ2) is 8.03. The van der Waals surface area contributed by atoms with E-state index in [1.165, 1.54) is 18.9 Å². The molecule has 1 saturated heterocycles. The van der Waals surface area contributed by atoms with Gasteiger partial charge in [-0.15, -0.1) is 11.8 Å². The molecule has 2 heterocycles. The van der Waals surface area contributed by atoms with Crippen molar-refractivity contribution in [1.82, 2.24) is 10.2 Å². The zero-order valence-corrected chi connectivity index (χ0v) is 15.8. The summed E-state index contributed by atoms with van der Waals surface area (Å²) in [6, 6.07) is 6.90. The van der Waals surface area contributed by atoms with Gasteiger partial charge >= 0.3 is 11.9 Å². The second-order valence-electron chi connectivity index (χ2n) is 6.29. The van der Waals surface area contributed by atoms with E-state index in [0.717, 1.165) is 4.90 Å². The average molecular weight is 405 g/mol. The lowest BCUT2D eigenvalue weighted by atomic mass is 10.0. The summed E-state index contributed by atoms with van der Waals surface area (Å²) in [6.45, 7) is 0. The molecule has 148 valence electrons. The zero-order valence-electron chi connectivity index (χ0n) is 15.0. The molecule has 0 aliphatic carbocycles. The number of ether oxygens (including phenoxy) is 1. The highest BCUT2D eigenvalue weighted by atomic mass is 32.2. The van der Waals surface area contributed by atoms with Crippen LogP contribution in [-0.4, -0.2) is 58.0 Å².